The quantitative estimate of drug-likeness (QED) is 0.549. The molecule has 0 spiro atoms. The lowest BCUT2D eigenvalue weighted by atomic mass is 9.93. The molecule has 1 aliphatic rings. The Bertz CT molecular complexity index is 1220. The van der Waals surface area contributed by atoms with Crippen molar-refractivity contribution in [3.8, 4) is 0 Å². The lowest BCUT2D eigenvalue weighted by molar-refractivity contribution is -0.121. The van der Waals surface area contributed by atoms with Gasteiger partial charge in [0.05, 0.1) is 6.26 Å². The molecule has 148 valence electrons. The molecule has 1 atom stereocenters. The molecule has 5 rings (SSSR count). The minimum atomic E-state index is -0.628. The van der Waals surface area contributed by atoms with E-state index in [-0.39, 0.29) is 17.6 Å². The van der Waals surface area contributed by atoms with Crippen LogP contribution in [0.3, 0.4) is 0 Å². The Kier molecular flexibility index (Phi) is 4.56. The minimum Gasteiger partial charge on any atom is -0.459 e. The molecular formula is C25H20N2O3. The smallest absolute Gasteiger partial charge is 0.290 e. The van der Waals surface area contributed by atoms with Gasteiger partial charge in [0, 0.05) is 24.0 Å². The number of benzene rings is 3. The third-order valence-corrected chi connectivity index (χ3v) is 5.59. The van der Waals surface area contributed by atoms with Crippen LogP contribution in [0.5, 0.6) is 0 Å². The Morgan fingerprint density at radius 3 is 2.47 bits per heavy atom. The Labute approximate surface area is 173 Å². The van der Waals surface area contributed by atoms with Gasteiger partial charge in [-0.2, -0.15) is 0 Å². The highest BCUT2D eigenvalue weighted by Gasteiger charge is 2.36. The zero-order valence-electron chi connectivity index (χ0n) is 16.2. The number of carbonyl (C=O) groups excluding carboxylic acids is 2. The number of hydrogen-bond acceptors (Lipinski definition) is 3. The van der Waals surface area contributed by atoms with Crippen molar-refractivity contribution in [1.82, 2.24) is 4.90 Å². The summed E-state index contributed by atoms with van der Waals surface area (Å²) in [5.41, 5.74) is 2.87. The maximum absolute atomic E-state index is 13.4. The second-order valence-corrected chi connectivity index (χ2v) is 7.41. The topological polar surface area (TPSA) is 62.6 Å². The standard InChI is InChI=1S/C25H20N2O3/c28-24(26-21-12-5-10-17-7-3-4-11-20(17)21)22-15-18-8-1-2-9-19(18)16-27(22)25(29)23-13-6-14-30-23/h1-14,22H,15-16H2,(H,26,28)/t22-/m1/s1. The molecule has 30 heavy (non-hydrogen) atoms. The third kappa shape index (κ3) is 3.24. The van der Waals surface area contributed by atoms with Gasteiger partial charge in [-0.25, -0.2) is 0 Å². The van der Waals surface area contributed by atoms with Crippen molar-refractivity contribution in [1.29, 1.82) is 0 Å². The third-order valence-electron chi connectivity index (χ3n) is 5.59. The van der Waals surface area contributed by atoms with Gasteiger partial charge in [-0.1, -0.05) is 60.7 Å². The van der Waals surface area contributed by atoms with E-state index >= 15 is 0 Å². The summed E-state index contributed by atoms with van der Waals surface area (Å²) in [6, 6.07) is 24.3. The molecule has 1 aliphatic heterocycles. The van der Waals surface area contributed by atoms with Crippen molar-refractivity contribution in [3.63, 3.8) is 0 Å². The van der Waals surface area contributed by atoms with Crippen LogP contribution in [0.1, 0.15) is 21.7 Å². The number of hydrogen-bond donors (Lipinski definition) is 1. The molecule has 0 saturated heterocycles. The van der Waals surface area contributed by atoms with Crippen molar-refractivity contribution in [2.75, 3.05) is 5.32 Å². The van der Waals surface area contributed by atoms with Gasteiger partial charge in [0.15, 0.2) is 5.76 Å². The fourth-order valence-electron chi connectivity index (χ4n) is 4.06. The van der Waals surface area contributed by atoms with Gasteiger partial charge in [0.25, 0.3) is 5.91 Å². The van der Waals surface area contributed by atoms with Crippen LogP contribution in [0.15, 0.2) is 89.5 Å². The van der Waals surface area contributed by atoms with Crippen molar-refractivity contribution >= 4 is 28.3 Å². The highest BCUT2D eigenvalue weighted by molar-refractivity contribution is 6.05. The fourth-order valence-corrected chi connectivity index (χ4v) is 4.06. The summed E-state index contributed by atoms with van der Waals surface area (Å²) >= 11 is 0. The van der Waals surface area contributed by atoms with Gasteiger partial charge in [-0.05, 0) is 34.7 Å². The molecule has 0 radical (unpaired) electrons. The van der Waals surface area contributed by atoms with E-state index in [1.165, 1.54) is 6.26 Å². The van der Waals surface area contributed by atoms with Crippen LogP contribution in [-0.2, 0) is 17.8 Å². The van der Waals surface area contributed by atoms with Gasteiger partial charge < -0.3 is 14.6 Å². The Morgan fingerprint density at radius 1 is 0.867 bits per heavy atom. The fraction of sp³-hybridized carbons (Fsp3) is 0.120. The maximum atomic E-state index is 13.4. The first-order valence-electron chi connectivity index (χ1n) is 9.90. The first-order chi connectivity index (χ1) is 14.7. The number of carbonyl (C=O) groups is 2. The van der Waals surface area contributed by atoms with Gasteiger partial charge in [0.2, 0.25) is 5.91 Å². The Balaban J connectivity index is 1.49. The molecule has 1 N–H and O–H groups in total. The number of anilines is 1. The Morgan fingerprint density at radius 2 is 1.63 bits per heavy atom. The molecule has 2 amide bonds. The van der Waals surface area contributed by atoms with E-state index in [1.807, 2.05) is 66.7 Å². The molecule has 4 aromatic rings. The van der Waals surface area contributed by atoms with Gasteiger partial charge >= 0.3 is 0 Å². The van der Waals surface area contributed by atoms with Crippen molar-refractivity contribution < 1.29 is 14.0 Å². The van der Waals surface area contributed by atoms with Crippen LogP contribution >= 0.6 is 0 Å². The Hall–Kier alpha value is -3.86. The predicted octanol–water partition coefficient (Wildman–Crippen LogP) is 4.64. The SMILES string of the molecule is O=C(Nc1cccc2ccccc12)[C@H]1Cc2ccccc2CN1C(=O)c1ccco1. The minimum absolute atomic E-state index is 0.208. The average Bonchev–Trinajstić information content (AvgIpc) is 3.33. The monoisotopic (exact) mass is 396 g/mol. The number of nitrogens with zero attached hydrogens (tertiary/aromatic N) is 1. The predicted molar refractivity (Wildman–Crippen MR) is 115 cm³/mol. The normalized spacial score (nSPS) is 15.6. The molecule has 5 heteroatoms. The molecule has 0 aliphatic carbocycles. The van der Waals surface area contributed by atoms with E-state index in [4.69, 9.17) is 4.42 Å². The zero-order valence-corrected chi connectivity index (χ0v) is 16.2. The number of rotatable bonds is 3. The van der Waals surface area contributed by atoms with Crippen LogP contribution in [-0.4, -0.2) is 22.8 Å². The summed E-state index contributed by atoms with van der Waals surface area (Å²) in [6.07, 6.45) is 1.93. The summed E-state index contributed by atoms with van der Waals surface area (Å²) < 4.78 is 5.32. The highest BCUT2D eigenvalue weighted by Crippen LogP contribution is 2.28. The van der Waals surface area contributed by atoms with E-state index in [9.17, 15) is 9.59 Å². The van der Waals surface area contributed by atoms with E-state index in [0.717, 1.165) is 27.6 Å². The van der Waals surface area contributed by atoms with E-state index in [1.54, 1.807) is 17.0 Å². The second-order valence-electron chi connectivity index (χ2n) is 7.41. The number of fused-ring (bicyclic) bond motifs is 2. The van der Waals surface area contributed by atoms with Crippen molar-refractivity contribution in [2.24, 2.45) is 0 Å². The number of amides is 2. The molecular weight excluding hydrogens is 376 g/mol. The average molecular weight is 396 g/mol. The molecule has 1 aromatic heterocycles. The molecule has 0 fully saturated rings. The molecule has 2 heterocycles. The first-order valence-corrected chi connectivity index (χ1v) is 9.90. The second kappa shape index (κ2) is 7.52. The zero-order chi connectivity index (χ0) is 20.5. The summed E-state index contributed by atoms with van der Waals surface area (Å²) in [4.78, 5) is 28.1. The highest BCUT2D eigenvalue weighted by atomic mass is 16.3. The first kappa shape index (κ1) is 18.2. The molecule has 3 aromatic carbocycles. The van der Waals surface area contributed by atoms with E-state index in [0.29, 0.717) is 13.0 Å². The molecule has 5 nitrogen and oxygen atoms in total. The maximum Gasteiger partial charge on any atom is 0.290 e. The molecule has 0 unspecified atom stereocenters. The van der Waals surface area contributed by atoms with Gasteiger partial charge in [-0.3, -0.25) is 9.59 Å². The van der Waals surface area contributed by atoms with Crippen LogP contribution in [0, 0.1) is 0 Å². The lowest BCUT2D eigenvalue weighted by Gasteiger charge is -2.35. The lowest BCUT2D eigenvalue weighted by Crippen LogP contribution is -2.50. The van der Waals surface area contributed by atoms with Crippen LogP contribution in [0.2, 0.25) is 0 Å². The summed E-state index contributed by atoms with van der Waals surface area (Å²) in [6.45, 7) is 0.364. The molecule has 0 saturated carbocycles. The summed E-state index contributed by atoms with van der Waals surface area (Å²) in [7, 11) is 0. The van der Waals surface area contributed by atoms with Crippen LogP contribution in [0.4, 0.5) is 5.69 Å². The van der Waals surface area contributed by atoms with Crippen LogP contribution < -0.4 is 5.32 Å². The van der Waals surface area contributed by atoms with Gasteiger partial charge in [-0.15, -0.1) is 0 Å². The summed E-state index contributed by atoms with van der Waals surface area (Å²) in [5, 5.41) is 5.07. The largest absolute Gasteiger partial charge is 0.459 e. The van der Waals surface area contributed by atoms with E-state index in [2.05, 4.69) is 5.32 Å². The van der Waals surface area contributed by atoms with Gasteiger partial charge in [0.1, 0.15) is 6.04 Å². The summed E-state index contributed by atoms with van der Waals surface area (Å²) in [5.74, 6) is -0.259. The number of nitrogens with one attached hydrogen (secondary N) is 1. The van der Waals surface area contributed by atoms with Crippen LogP contribution in [0.25, 0.3) is 10.8 Å². The van der Waals surface area contributed by atoms with Crippen molar-refractivity contribution in [2.45, 2.75) is 19.0 Å². The number of furan rings is 1. The van der Waals surface area contributed by atoms with E-state index < -0.39 is 6.04 Å². The molecule has 0 bridgehead atoms. The van der Waals surface area contributed by atoms with Crippen molar-refractivity contribution in [3.05, 3.63) is 102 Å².